The van der Waals surface area contributed by atoms with E-state index in [0.717, 1.165) is 6.07 Å². The van der Waals surface area contributed by atoms with Crippen LogP contribution in [-0.2, 0) is 11.3 Å². The molecule has 4 nitrogen and oxygen atoms in total. The molecule has 0 saturated heterocycles. The molecule has 0 spiro atoms. The van der Waals surface area contributed by atoms with Gasteiger partial charge in [0.25, 0.3) is 0 Å². The zero-order chi connectivity index (χ0) is 21.0. The van der Waals surface area contributed by atoms with Crippen LogP contribution in [0.5, 0.6) is 5.75 Å². The molecule has 7 heteroatoms. The van der Waals surface area contributed by atoms with Gasteiger partial charge in [-0.1, -0.05) is 18.2 Å². The molecule has 3 rings (SSSR count). The van der Waals surface area contributed by atoms with E-state index in [4.69, 9.17) is 9.84 Å². The molecule has 0 amide bonds. The summed E-state index contributed by atoms with van der Waals surface area (Å²) >= 11 is 0. The molecule has 0 aliphatic heterocycles. The first-order chi connectivity index (χ1) is 13.8. The van der Waals surface area contributed by atoms with E-state index in [0.29, 0.717) is 16.7 Å². The molecule has 0 atom stereocenters. The molecule has 3 aromatic rings. The molecule has 0 radical (unpaired) electrons. The smallest absolute Gasteiger partial charge is 0.341 e. The Morgan fingerprint density at radius 3 is 2.45 bits per heavy atom. The summed E-state index contributed by atoms with van der Waals surface area (Å²) in [5.41, 5.74) is 1.94. The summed E-state index contributed by atoms with van der Waals surface area (Å²) in [5, 5.41) is 11.6. The second kappa shape index (κ2) is 8.68. The fourth-order valence-electron chi connectivity index (χ4n) is 2.91. The van der Waals surface area contributed by atoms with Gasteiger partial charge in [0.1, 0.15) is 23.2 Å². The number of halogens is 3. The Hall–Kier alpha value is -3.48. The van der Waals surface area contributed by atoms with E-state index < -0.39 is 30.0 Å². The van der Waals surface area contributed by atoms with Crippen molar-refractivity contribution in [1.29, 1.82) is 0 Å². The molecule has 0 saturated carbocycles. The number of benzene rings is 3. The number of carboxylic acid groups (broad SMARTS) is 1. The second-order valence-electron chi connectivity index (χ2n) is 6.40. The van der Waals surface area contributed by atoms with Crippen molar-refractivity contribution < 1.29 is 27.8 Å². The van der Waals surface area contributed by atoms with Gasteiger partial charge in [0.05, 0.1) is 5.69 Å². The lowest BCUT2D eigenvalue weighted by Crippen LogP contribution is -2.11. The van der Waals surface area contributed by atoms with Crippen LogP contribution in [0.1, 0.15) is 11.1 Å². The molecular weight excluding hydrogens is 383 g/mol. The first-order valence-corrected chi connectivity index (χ1v) is 8.77. The molecule has 0 aromatic heterocycles. The van der Waals surface area contributed by atoms with E-state index >= 15 is 0 Å². The van der Waals surface area contributed by atoms with Crippen molar-refractivity contribution in [2.24, 2.45) is 0 Å². The van der Waals surface area contributed by atoms with E-state index in [1.54, 1.807) is 31.2 Å². The Balaban J connectivity index is 1.83. The molecular formula is C22H18F3NO3. The highest BCUT2D eigenvalue weighted by atomic mass is 19.1. The zero-order valence-electron chi connectivity index (χ0n) is 15.5. The molecule has 0 aliphatic carbocycles. The van der Waals surface area contributed by atoms with Crippen molar-refractivity contribution in [2.75, 3.05) is 11.9 Å². The highest BCUT2D eigenvalue weighted by Gasteiger charge is 2.13. The topological polar surface area (TPSA) is 58.6 Å². The maximum Gasteiger partial charge on any atom is 0.341 e. The molecule has 3 aromatic carbocycles. The summed E-state index contributed by atoms with van der Waals surface area (Å²) in [6, 6.07) is 12.8. The van der Waals surface area contributed by atoms with Gasteiger partial charge in [0.2, 0.25) is 0 Å². The lowest BCUT2D eigenvalue weighted by atomic mass is 10.0. The summed E-state index contributed by atoms with van der Waals surface area (Å²) in [7, 11) is 0. The third-order valence-electron chi connectivity index (χ3n) is 4.37. The van der Waals surface area contributed by atoms with Crippen LogP contribution in [-0.4, -0.2) is 17.7 Å². The predicted octanol–water partition coefficient (Wildman–Crippen LogP) is 5.15. The maximum absolute atomic E-state index is 14.3. The summed E-state index contributed by atoms with van der Waals surface area (Å²) in [6.45, 7) is 0.980. The normalized spacial score (nSPS) is 10.6. The number of carboxylic acids is 1. The van der Waals surface area contributed by atoms with Gasteiger partial charge in [-0.25, -0.2) is 18.0 Å². The number of anilines is 1. The van der Waals surface area contributed by atoms with Crippen LogP contribution in [0.25, 0.3) is 11.1 Å². The number of rotatable bonds is 7. The van der Waals surface area contributed by atoms with Gasteiger partial charge in [-0.3, -0.25) is 0 Å². The molecule has 0 bridgehead atoms. The van der Waals surface area contributed by atoms with E-state index in [-0.39, 0.29) is 23.5 Å². The number of hydrogen-bond donors (Lipinski definition) is 2. The van der Waals surface area contributed by atoms with Crippen molar-refractivity contribution in [2.45, 2.75) is 13.5 Å². The van der Waals surface area contributed by atoms with Gasteiger partial charge in [0.15, 0.2) is 6.61 Å². The first-order valence-electron chi connectivity index (χ1n) is 8.77. The van der Waals surface area contributed by atoms with Gasteiger partial charge in [0, 0.05) is 17.7 Å². The van der Waals surface area contributed by atoms with Crippen molar-refractivity contribution in [3.63, 3.8) is 0 Å². The average Bonchev–Trinajstić information content (AvgIpc) is 2.68. The molecule has 0 heterocycles. The molecule has 0 aliphatic rings. The minimum atomic E-state index is -1.15. The standard InChI is InChI=1S/C22H18F3NO3/c1-13-20(29-12-21(27)28)8-7-19(25)22(13)26-11-16-9-15(5-6-18(16)24)14-3-2-4-17(23)10-14/h2-10,26H,11-12H2,1H3,(H,27,28). The Kier molecular flexibility index (Phi) is 6.07. The molecule has 150 valence electrons. The molecule has 0 fully saturated rings. The van der Waals surface area contributed by atoms with Crippen LogP contribution in [0.4, 0.5) is 18.9 Å². The van der Waals surface area contributed by atoms with Crippen LogP contribution in [0.3, 0.4) is 0 Å². The quantitative estimate of drug-likeness (QED) is 0.575. The van der Waals surface area contributed by atoms with E-state index in [1.165, 1.54) is 24.3 Å². The highest BCUT2D eigenvalue weighted by molar-refractivity contribution is 5.69. The largest absolute Gasteiger partial charge is 0.482 e. The predicted molar refractivity (Wildman–Crippen MR) is 103 cm³/mol. The first kappa shape index (κ1) is 20.3. The Bertz CT molecular complexity index is 1050. The van der Waals surface area contributed by atoms with Gasteiger partial charge in [-0.05, 0) is 54.4 Å². The van der Waals surface area contributed by atoms with Crippen molar-refractivity contribution in [3.05, 3.63) is 83.2 Å². The fraction of sp³-hybridized carbons (Fsp3) is 0.136. The van der Waals surface area contributed by atoms with Crippen LogP contribution in [0.2, 0.25) is 0 Å². The Labute approximate surface area is 165 Å². The van der Waals surface area contributed by atoms with Crippen molar-refractivity contribution >= 4 is 11.7 Å². The summed E-state index contributed by atoms with van der Waals surface area (Å²) in [6.07, 6.45) is 0. The minimum Gasteiger partial charge on any atom is -0.482 e. The third-order valence-corrected chi connectivity index (χ3v) is 4.37. The number of ether oxygens (including phenoxy) is 1. The van der Waals surface area contributed by atoms with Gasteiger partial charge in [-0.2, -0.15) is 0 Å². The van der Waals surface area contributed by atoms with Crippen LogP contribution < -0.4 is 10.1 Å². The van der Waals surface area contributed by atoms with Crippen molar-refractivity contribution in [3.8, 4) is 16.9 Å². The maximum atomic E-state index is 14.3. The Morgan fingerprint density at radius 2 is 1.72 bits per heavy atom. The lowest BCUT2D eigenvalue weighted by Gasteiger charge is -2.15. The third kappa shape index (κ3) is 4.87. The SMILES string of the molecule is Cc1c(OCC(=O)O)ccc(F)c1NCc1cc(-c2cccc(F)c2)ccc1F. The van der Waals surface area contributed by atoms with Crippen LogP contribution in [0, 0.1) is 24.4 Å². The minimum absolute atomic E-state index is 0.0326. The summed E-state index contributed by atoms with van der Waals surface area (Å²) in [5.74, 6) is -2.41. The monoisotopic (exact) mass is 401 g/mol. The number of nitrogens with one attached hydrogen (secondary N) is 1. The lowest BCUT2D eigenvalue weighted by molar-refractivity contribution is -0.139. The molecule has 2 N–H and O–H groups in total. The summed E-state index contributed by atoms with van der Waals surface area (Å²) in [4.78, 5) is 10.7. The van der Waals surface area contributed by atoms with Crippen LogP contribution >= 0.6 is 0 Å². The highest BCUT2D eigenvalue weighted by Crippen LogP contribution is 2.30. The van der Waals surface area contributed by atoms with E-state index in [2.05, 4.69) is 5.32 Å². The number of carbonyl (C=O) groups is 1. The van der Waals surface area contributed by atoms with Gasteiger partial charge < -0.3 is 15.2 Å². The second-order valence-corrected chi connectivity index (χ2v) is 6.40. The Morgan fingerprint density at radius 1 is 1.00 bits per heavy atom. The van der Waals surface area contributed by atoms with E-state index in [9.17, 15) is 18.0 Å². The molecule has 0 unspecified atom stereocenters. The summed E-state index contributed by atoms with van der Waals surface area (Å²) < 4.78 is 47.1. The number of hydrogen-bond acceptors (Lipinski definition) is 3. The van der Waals surface area contributed by atoms with E-state index in [1.807, 2.05) is 0 Å². The fourth-order valence-corrected chi connectivity index (χ4v) is 2.91. The number of aliphatic carboxylic acids is 1. The van der Waals surface area contributed by atoms with Gasteiger partial charge in [-0.15, -0.1) is 0 Å². The van der Waals surface area contributed by atoms with Crippen LogP contribution in [0.15, 0.2) is 54.6 Å². The van der Waals surface area contributed by atoms with Crippen molar-refractivity contribution in [1.82, 2.24) is 0 Å². The average molecular weight is 401 g/mol. The molecule has 29 heavy (non-hydrogen) atoms. The zero-order valence-corrected chi connectivity index (χ0v) is 15.5. The van der Waals surface area contributed by atoms with Gasteiger partial charge >= 0.3 is 5.97 Å².